The number of rotatable bonds is 3. The van der Waals surface area contributed by atoms with E-state index in [0.29, 0.717) is 28.9 Å². The molecular formula is C20H17ClFN5O2. The van der Waals surface area contributed by atoms with Gasteiger partial charge in [-0.05, 0) is 37.0 Å². The number of hydrogen-bond acceptors (Lipinski definition) is 7. The van der Waals surface area contributed by atoms with Crippen molar-refractivity contribution in [3.8, 4) is 17.3 Å². The number of Topliss-reactive ketones (excluding diaryl/α,β-unsaturated/α-hetero) is 1. The summed E-state index contributed by atoms with van der Waals surface area (Å²) in [4.78, 5) is 29.7. The Morgan fingerprint density at radius 2 is 2.03 bits per heavy atom. The number of nitrogen functional groups attached to an aromatic ring is 1. The van der Waals surface area contributed by atoms with E-state index in [4.69, 9.17) is 22.1 Å². The van der Waals surface area contributed by atoms with Crippen LogP contribution in [0.2, 0.25) is 5.02 Å². The Labute approximate surface area is 171 Å². The molecule has 3 aromatic rings. The molecule has 7 nitrogen and oxygen atoms in total. The lowest BCUT2D eigenvalue weighted by atomic mass is 9.79. The van der Waals surface area contributed by atoms with Crippen molar-refractivity contribution in [1.82, 2.24) is 19.9 Å². The minimum atomic E-state index is -0.439. The Balaban J connectivity index is 1.82. The van der Waals surface area contributed by atoms with Gasteiger partial charge >= 0.3 is 0 Å². The summed E-state index contributed by atoms with van der Waals surface area (Å²) in [6.07, 6.45) is 2.11. The van der Waals surface area contributed by atoms with E-state index in [1.807, 2.05) is 0 Å². The predicted molar refractivity (Wildman–Crippen MR) is 106 cm³/mol. The Hall–Kier alpha value is -3.13. The lowest BCUT2D eigenvalue weighted by molar-refractivity contribution is 0.0962. The van der Waals surface area contributed by atoms with Crippen molar-refractivity contribution in [3.63, 3.8) is 0 Å². The van der Waals surface area contributed by atoms with Gasteiger partial charge in [-0.15, -0.1) is 0 Å². The monoisotopic (exact) mass is 413 g/mol. The molecule has 0 saturated carbocycles. The van der Waals surface area contributed by atoms with E-state index in [1.54, 1.807) is 13.0 Å². The summed E-state index contributed by atoms with van der Waals surface area (Å²) in [6.45, 7) is 1.74. The molecule has 0 spiro atoms. The van der Waals surface area contributed by atoms with Crippen molar-refractivity contribution in [2.45, 2.75) is 25.7 Å². The number of ether oxygens (including phenoxy) is 1. The topological polar surface area (TPSA) is 104 Å². The summed E-state index contributed by atoms with van der Waals surface area (Å²) in [5, 5.41) is 0.249. The number of carbonyl (C=O) groups excluding carboxylic acids is 1. The third-order valence-corrected chi connectivity index (χ3v) is 5.19. The van der Waals surface area contributed by atoms with Crippen LogP contribution in [0.4, 0.5) is 10.3 Å². The Morgan fingerprint density at radius 3 is 2.79 bits per heavy atom. The van der Waals surface area contributed by atoms with Gasteiger partial charge in [0.2, 0.25) is 11.8 Å². The first-order valence-electron chi connectivity index (χ1n) is 8.90. The van der Waals surface area contributed by atoms with Gasteiger partial charge in [0.1, 0.15) is 10.8 Å². The third-order valence-electron chi connectivity index (χ3n) is 4.93. The Bertz CT molecular complexity index is 1140. The number of benzene rings is 1. The molecule has 4 rings (SSSR count). The van der Waals surface area contributed by atoms with Gasteiger partial charge in [-0.1, -0.05) is 17.7 Å². The molecule has 0 fully saturated rings. The molecule has 1 aliphatic rings. The van der Waals surface area contributed by atoms with Gasteiger partial charge < -0.3 is 10.5 Å². The van der Waals surface area contributed by atoms with Crippen molar-refractivity contribution >= 4 is 23.3 Å². The minimum absolute atomic E-state index is 0.0707. The quantitative estimate of drug-likeness (QED) is 0.700. The molecule has 0 saturated heterocycles. The Kier molecular flexibility index (Phi) is 4.87. The second kappa shape index (κ2) is 7.36. The lowest BCUT2D eigenvalue weighted by Crippen LogP contribution is -2.23. The minimum Gasteiger partial charge on any atom is -0.480 e. The van der Waals surface area contributed by atoms with Crippen molar-refractivity contribution in [2.75, 3.05) is 12.8 Å². The average molecular weight is 414 g/mol. The maximum atomic E-state index is 14.1. The van der Waals surface area contributed by atoms with Gasteiger partial charge in [0.25, 0.3) is 0 Å². The molecule has 0 unspecified atom stereocenters. The largest absolute Gasteiger partial charge is 0.480 e. The normalized spacial score (nSPS) is 15.9. The number of aryl methyl sites for hydroxylation is 1. The molecule has 0 amide bonds. The summed E-state index contributed by atoms with van der Waals surface area (Å²) in [6, 6.07) is 4.35. The summed E-state index contributed by atoms with van der Waals surface area (Å²) in [7, 11) is 1.44. The zero-order chi connectivity index (χ0) is 20.7. The zero-order valence-electron chi connectivity index (χ0n) is 15.7. The highest BCUT2D eigenvalue weighted by Gasteiger charge is 2.31. The van der Waals surface area contributed by atoms with Crippen LogP contribution in [-0.2, 0) is 6.42 Å². The van der Waals surface area contributed by atoms with E-state index in [1.165, 1.54) is 25.4 Å². The van der Waals surface area contributed by atoms with E-state index in [9.17, 15) is 9.18 Å². The maximum Gasteiger partial charge on any atom is 0.235 e. The molecule has 0 bridgehead atoms. The molecule has 29 heavy (non-hydrogen) atoms. The first-order valence-corrected chi connectivity index (χ1v) is 9.27. The van der Waals surface area contributed by atoms with Gasteiger partial charge in [-0.3, -0.25) is 4.79 Å². The number of ketones is 1. The number of fused-ring (bicyclic) bond motifs is 1. The van der Waals surface area contributed by atoms with Crippen molar-refractivity contribution in [3.05, 3.63) is 57.8 Å². The molecule has 1 atom stereocenters. The fourth-order valence-corrected chi connectivity index (χ4v) is 3.89. The number of halogens is 2. The van der Waals surface area contributed by atoms with Crippen molar-refractivity contribution in [1.29, 1.82) is 0 Å². The molecule has 0 radical (unpaired) electrons. The standard InChI is InChI=1S/C20H17ClFN5O2/c1-9-17-15(26-20(23)25-9)5-10(6-16(17)28)12-4-3-11(22)7-13(12)18-24-8-14(21)19(27-18)29-2/h3-4,7-8,10H,5-6H2,1-2H3,(H2,23,25,26)/t10-/m1/s1. The van der Waals surface area contributed by atoms with Gasteiger partial charge in [0.15, 0.2) is 11.6 Å². The van der Waals surface area contributed by atoms with Crippen LogP contribution in [0.3, 0.4) is 0 Å². The molecule has 2 aromatic heterocycles. The first kappa shape index (κ1) is 19.2. The Morgan fingerprint density at radius 1 is 1.24 bits per heavy atom. The maximum absolute atomic E-state index is 14.1. The predicted octanol–water partition coefficient (Wildman–Crippen LogP) is 3.54. The number of nitrogens with zero attached hydrogens (tertiary/aromatic N) is 4. The summed E-state index contributed by atoms with van der Waals surface area (Å²) in [5.41, 5.74) is 8.67. The van der Waals surface area contributed by atoms with Crippen LogP contribution < -0.4 is 10.5 Å². The average Bonchev–Trinajstić information content (AvgIpc) is 2.67. The first-order chi connectivity index (χ1) is 13.9. The highest BCUT2D eigenvalue weighted by atomic mass is 35.5. The van der Waals surface area contributed by atoms with E-state index in [0.717, 1.165) is 5.56 Å². The number of aromatic nitrogens is 4. The summed E-state index contributed by atoms with van der Waals surface area (Å²) < 4.78 is 19.2. The van der Waals surface area contributed by atoms with E-state index in [-0.39, 0.29) is 40.8 Å². The number of hydrogen-bond donors (Lipinski definition) is 1. The zero-order valence-corrected chi connectivity index (χ0v) is 16.5. The van der Waals surface area contributed by atoms with Gasteiger partial charge in [0, 0.05) is 12.0 Å². The van der Waals surface area contributed by atoms with E-state index in [2.05, 4.69) is 19.9 Å². The number of anilines is 1. The molecule has 0 aliphatic heterocycles. The van der Waals surface area contributed by atoms with E-state index < -0.39 is 5.82 Å². The SMILES string of the molecule is COc1nc(-c2cc(F)ccc2[C@H]2CC(=O)c3c(C)nc(N)nc3C2)ncc1Cl. The number of methoxy groups -OCH3 is 1. The number of carbonyl (C=O) groups is 1. The van der Waals surface area contributed by atoms with Crippen LogP contribution in [0, 0.1) is 12.7 Å². The van der Waals surface area contributed by atoms with Gasteiger partial charge in [-0.2, -0.15) is 4.98 Å². The molecule has 148 valence electrons. The fraction of sp³-hybridized carbons (Fsp3) is 0.250. The molecular weight excluding hydrogens is 397 g/mol. The highest BCUT2D eigenvalue weighted by Crippen LogP contribution is 2.38. The second-order valence-electron chi connectivity index (χ2n) is 6.80. The molecule has 1 aromatic carbocycles. The lowest BCUT2D eigenvalue weighted by Gasteiger charge is -2.25. The summed E-state index contributed by atoms with van der Waals surface area (Å²) >= 11 is 6.01. The van der Waals surface area contributed by atoms with Crippen molar-refractivity contribution < 1.29 is 13.9 Å². The van der Waals surface area contributed by atoms with Gasteiger partial charge in [0.05, 0.1) is 30.3 Å². The highest BCUT2D eigenvalue weighted by molar-refractivity contribution is 6.31. The van der Waals surface area contributed by atoms with Gasteiger partial charge in [-0.25, -0.2) is 19.3 Å². The smallest absolute Gasteiger partial charge is 0.235 e. The second-order valence-corrected chi connectivity index (χ2v) is 7.21. The van der Waals surface area contributed by atoms with Crippen LogP contribution in [0.1, 0.15) is 39.6 Å². The molecule has 2 heterocycles. The molecule has 2 N–H and O–H groups in total. The van der Waals surface area contributed by atoms with E-state index >= 15 is 0 Å². The van der Waals surface area contributed by atoms with Crippen LogP contribution in [0.15, 0.2) is 24.4 Å². The fourth-order valence-electron chi connectivity index (χ4n) is 3.72. The summed E-state index contributed by atoms with van der Waals surface area (Å²) in [5.74, 6) is -0.167. The number of nitrogens with two attached hydrogens (primary N) is 1. The molecule has 9 heteroatoms. The van der Waals surface area contributed by atoms with Crippen LogP contribution in [-0.4, -0.2) is 32.8 Å². The third kappa shape index (κ3) is 3.51. The van der Waals surface area contributed by atoms with Crippen molar-refractivity contribution in [2.24, 2.45) is 0 Å². The van der Waals surface area contributed by atoms with Crippen LogP contribution in [0.25, 0.3) is 11.4 Å². The van der Waals surface area contributed by atoms with Crippen LogP contribution in [0.5, 0.6) is 5.88 Å². The van der Waals surface area contributed by atoms with Crippen LogP contribution >= 0.6 is 11.6 Å². The molecule has 1 aliphatic carbocycles.